The molecule has 0 saturated carbocycles. The van der Waals surface area contributed by atoms with Gasteiger partial charge < -0.3 is 4.74 Å². The largest absolute Gasteiger partial charge is 0.442 e. The maximum atomic E-state index is 13.1. The Balaban J connectivity index is 1.65. The summed E-state index contributed by atoms with van der Waals surface area (Å²) in [7, 11) is -0.168. The van der Waals surface area contributed by atoms with E-state index in [0.29, 0.717) is 5.56 Å². The van der Waals surface area contributed by atoms with Crippen LogP contribution < -0.4 is 0 Å². The summed E-state index contributed by atoms with van der Waals surface area (Å²) < 4.78 is 7.25. The first-order valence-electron chi connectivity index (χ1n) is 10.4. The van der Waals surface area contributed by atoms with Gasteiger partial charge in [-0.3, -0.25) is 0 Å². The van der Waals surface area contributed by atoms with Crippen LogP contribution in [0.3, 0.4) is 0 Å². The lowest BCUT2D eigenvalue weighted by molar-refractivity contribution is -0.00316. The van der Waals surface area contributed by atoms with E-state index in [1.54, 1.807) is 0 Å². The van der Waals surface area contributed by atoms with Crippen LogP contribution in [0, 0.1) is 25.2 Å². The second-order valence-corrected chi connectivity index (χ2v) is 10.4. The number of hydrogen-bond acceptors (Lipinski definition) is 2. The van der Waals surface area contributed by atoms with Crippen molar-refractivity contribution in [1.29, 1.82) is 0 Å². The SMILES string of the molecule is C#CC(C)(OC(=O)c1cccc(-[s+]2c(C)cc3ccccc32)c1)C1C=C(C)CCC1. The van der Waals surface area contributed by atoms with Gasteiger partial charge in [-0.1, -0.05) is 35.8 Å². The number of carbonyl (C=O) groups excluding carboxylic acids is 1. The van der Waals surface area contributed by atoms with Gasteiger partial charge in [-0.15, -0.1) is 6.42 Å². The second kappa shape index (κ2) is 8.13. The number of benzene rings is 2. The molecule has 0 N–H and O–H groups in total. The van der Waals surface area contributed by atoms with E-state index in [0.717, 1.165) is 24.2 Å². The van der Waals surface area contributed by atoms with Gasteiger partial charge in [0, 0.05) is 40.8 Å². The number of esters is 1. The monoisotopic (exact) mass is 415 g/mol. The summed E-state index contributed by atoms with van der Waals surface area (Å²) in [5.41, 5.74) is 0.927. The first kappa shape index (κ1) is 20.4. The molecule has 0 bridgehead atoms. The van der Waals surface area contributed by atoms with Gasteiger partial charge >= 0.3 is 5.97 Å². The molecule has 2 nitrogen and oxygen atoms in total. The van der Waals surface area contributed by atoms with Crippen LogP contribution in [0.15, 0.2) is 66.2 Å². The summed E-state index contributed by atoms with van der Waals surface area (Å²) in [4.78, 5) is 15.5. The van der Waals surface area contributed by atoms with Crippen LogP contribution in [0.5, 0.6) is 0 Å². The number of allylic oxidation sites excluding steroid dienone is 1. The third-order valence-corrected chi connectivity index (χ3v) is 8.29. The molecule has 30 heavy (non-hydrogen) atoms. The minimum atomic E-state index is -0.938. The first-order chi connectivity index (χ1) is 14.4. The van der Waals surface area contributed by atoms with E-state index in [2.05, 4.69) is 62.2 Å². The number of aryl methyl sites for hydroxylation is 1. The number of rotatable bonds is 4. The Labute approximate surface area is 181 Å². The van der Waals surface area contributed by atoms with Gasteiger partial charge in [-0.05, 0) is 57.4 Å². The predicted octanol–water partition coefficient (Wildman–Crippen LogP) is 7.18. The molecule has 1 aromatic heterocycles. The van der Waals surface area contributed by atoms with Crippen molar-refractivity contribution in [3.63, 3.8) is 0 Å². The topological polar surface area (TPSA) is 26.3 Å². The molecule has 3 unspecified atom stereocenters. The fourth-order valence-electron chi connectivity index (χ4n) is 4.31. The Morgan fingerprint density at radius 3 is 2.73 bits per heavy atom. The van der Waals surface area contributed by atoms with Crippen molar-refractivity contribution < 1.29 is 9.53 Å². The minimum Gasteiger partial charge on any atom is -0.442 e. The van der Waals surface area contributed by atoms with E-state index in [1.165, 1.54) is 20.5 Å². The number of terminal acetylenes is 1. The molecule has 1 aliphatic rings. The molecule has 0 amide bonds. The molecule has 0 saturated heterocycles. The van der Waals surface area contributed by atoms with Gasteiger partial charge in [0.1, 0.15) is 0 Å². The molecular weight excluding hydrogens is 388 g/mol. The number of fused-ring (bicyclic) bond motifs is 1. The van der Waals surface area contributed by atoms with Crippen LogP contribution in [0.2, 0.25) is 0 Å². The van der Waals surface area contributed by atoms with Crippen LogP contribution >= 0.6 is 10.5 Å². The molecule has 2 aromatic carbocycles. The highest BCUT2D eigenvalue weighted by Gasteiger charge is 2.36. The van der Waals surface area contributed by atoms with Crippen LogP contribution in [-0.4, -0.2) is 11.6 Å². The zero-order chi connectivity index (χ0) is 21.3. The molecular formula is C27H27O2S+. The third kappa shape index (κ3) is 3.80. The van der Waals surface area contributed by atoms with Gasteiger partial charge in [0.05, 0.1) is 5.56 Å². The van der Waals surface area contributed by atoms with Crippen LogP contribution in [-0.2, 0) is 4.74 Å². The minimum absolute atomic E-state index is 0.0529. The number of ether oxygens (including phenoxy) is 1. The molecule has 1 heterocycles. The fraction of sp³-hybridized carbons (Fsp3) is 0.296. The molecule has 0 spiro atoms. The summed E-state index contributed by atoms with van der Waals surface area (Å²) >= 11 is 0. The number of carbonyl (C=O) groups is 1. The first-order valence-corrected chi connectivity index (χ1v) is 11.6. The predicted molar refractivity (Wildman–Crippen MR) is 126 cm³/mol. The highest BCUT2D eigenvalue weighted by atomic mass is 32.2. The second-order valence-electron chi connectivity index (χ2n) is 8.28. The fourth-order valence-corrected chi connectivity index (χ4v) is 6.56. The van der Waals surface area contributed by atoms with E-state index in [1.807, 2.05) is 25.1 Å². The van der Waals surface area contributed by atoms with Gasteiger partial charge in [-0.25, -0.2) is 4.79 Å². The summed E-state index contributed by atoms with van der Waals surface area (Å²) in [6.07, 6.45) is 11.1. The quantitative estimate of drug-likeness (QED) is 0.195. The highest BCUT2D eigenvalue weighted by molar-refractivity contribution is 7.45. The van der Waals surface area contributed by atoms with Crippen LogP contribution in [0.25, 0.3) is 15.0 Å². The Kier molecular flexibility index (Phi) is 5.54. The summed E-state index contributed by atoms with van der Waals surface area (Å²) in [5, 5.41) is 1.26. The maximum absolute atomic E-state index is 13.1. The van der Waals surface area contributed by atoms with Gasteiger partial charge in [0.2, 0.25) is 0 Å². The molecule has 3 aromatic rings. The van der Waals surface area contributed by atoms with E-state index in [-0.39, 0.29) is 22.4 Å². The zero-order valence-electron chi connectivity index (χ0n) is 17.8. The standard InChI is InChI=1S/C27H27O2S/c1-5-27(4,23-13-8-10-19(2)16-23)29-26(28)22-12-9-14-24(18-22)30-20(3)17-21-11-6-7-15-25(21)30/h1,6-7,9,11-12,14-18,23H,8,10,13H2,2-4H3/q+1. The van der Waals surface area contributed by atoms with E-state index >= 15 is 0 Å². The molecule has 4 rings (SSSR count). The lowest BCUT2D eigenvalue weighted by atomic mass is 9.80. The molecule has 0 aliphatic heterocycles. The third-order valence-electron chi connectivity index (χ3n) is 6.00. The number of thiophene rings is 1. The Morgan fingerprint density at radius 1 is 1.17 bits per heavy atom. The lowest BCUT2D eigenvalue weighted by Gasteiger charge is -2.33. The van der Waals surface area contributed by atoms with Gasteiger partial charge in [-0.2, -0.15) is 0 Å². The van der Waals surface area contributed by atoms with Gasteiger partial charge in [0.15, 0.2) is 20.1 Å². The molecule has 1 aliphatic carbocycles. The lowest BCUT2D eigenvalue weighted by Crippen LogP contribution is -2.38. The molecule has 3 atom stereocenters. The molecule has 0 radical (unpaired) electrons. The van der Waals surface area contributed by atoms with Crippen molar-refractivity contribution in [2.24, 2.45) is 5.92 Å². The van der Waals surface area contributed by atoms with Crippen molar-refractivity contribution in [3.05, 3.63) is 76.7 Å². The van der Waals surface area contributed by atoms with Crippen molar-refractivity contribution in [2.75, 3.05) is 0 Å². The average molecular weight is 416 g/mol. The smallest absolute Gasteiger partial charge is 0.339 e. The summed E-state index contributed by atoms with van der Waals surface area (Å²) in [5.74, 6) is 2.46. The average Bonchev–Trinajstić information content (AvgIpc) is 3.09. The van der Waals surface area contributed by atoms with Crippen LogP contribution in [0.4, 0.5) is 0 Å². The van der Waals surface area contributed by atoms with E-state index in [4.69, 9.17) is 11.2 Å². The molecule has 3 heteroatoms. The maximum Gasteiger partial charge on any atom is 0.339 e. The van der Waals surface area contributed by atoms with Crippen molar-refractivity contribution in [1.82, 2.24) is 0 Å². The Hall–Kier alpha value is -2.83. The summed E-state index contributed by atoms with van der Waals surface area (Å²) in [6.45, 7) is 6.13. The normalized spacial score (nSPS) is 18.9. The Morgan fingerprint density at radius 2 is 1.97 bits per heavy atom. The van der Waals surface area contributed by atoms with E-state index < -0.39 is 5.60 Å². The Bertz CT molecular complexity index is 1180. The number of hydrogen-bond donors (Lipinski definition) is 0. The van der Waals surface area contributed by atoms with Crippen molar-refractivity contribution in [2.45, 2.75) is 45.6 Å². The molecule has 0 fully saturated rings. The summed E-state index contributed by atoms with van der Waals surface area (Å²) in [6, 6.07) is 18.5. The van der Waals surface area contributed by atoms with Crippen molar-refractivity contribution in [3.8, 4) is 17.2 Å². The highest BCUT2D eigenvalue weighted by Crippen LogP contribution is 2.43. The van der Waals surface area contributed by atoms with E-state index in [9.17, 15) is 4.79 Å². The van der Waals surface area contributed by atoms with Crippen LogP contribution in [0.1, 0.15) is 48.3 Å². The van der Waals surface area contributed by atoms with Crippen molar-refractivity contribution >= 4 is 26.5 Å². The molecule has 152 valence electrons. The van der Waals surface area contributed by atoms with Gasteiger partial charge in [0.25, 0.3) is 0 Å². The zero-order valence-corrected chi connectivity index (χ0v) is 18.6.